The Morgan fingerprint density at radius 2 is 1.88 bits per heavy atom. The zero-order valence-electron chi connectivity index (χ0n) is 10.1. The van der Waals surface area contributed by atoms with Gasteiger partial charge in [-0.2, -0.15) is 0 Å². The summed E-state index contributed by atoms with van der Waals surface area (Å²) in [6.07, 6.45) is 4.90. The van der Waals surface area contributed by atoms with Crippen LogP contribution < -0.4 is 5.32 Å². The molecule has 4 nitrogen and oxygen atoms in total. The van der Waals surface area contributed by atoms with Gasteiger partial charge in [-0.3, -0.25) is 10.1 Å². The van der Waals surface area contributed by atoms with E-state index in [0.717, 1.165) is 25.7 Å². The molecule has 1 aliphatic carbocycles. The number of amides is 3. The van der Waals surface area contributed by atoms with E-state index in [0.29, 0.717) is 24.4 Å². The van der Waals surface area contributed by atoms with Gasteiger partial charge in [0.2, 0.25) is 5.91 Å². The third kappa shape index (κ3) is 2.36. The fourth-order valence-electron chi connectivity index (χ4n) is 2.62. The summed E-state index contributed by atoms with van der Waals surface area (Å²) in [5, 5.41) is 2.40. The van der Waals surface area contributed by atoms with Gasteiger partial charge in [0.25, 0.3) is 0 Å². The van der Waals surface area contributed by atoms with Crippen LogP contribution in [0.25, 0.3) is 0 Å². The molecule has 0 atom stereocenters. The Kier molecular flexibility index (Phi) is 2.91. The first-order valence-electron chi connectivity index (χ1n) is 6.08. The van der Waals surface area contributed by atoms with Crippen LogP contribution in [-0.4, -0.2) is 29.4 Å². The first-order valence-corrected chi connectivity index (χ1v) is 6.08. The largest absolute Gasteiger partial charge is 0.324 e. The monoisotopic (exact) mass is 224 g/mol. The third-order valence-electron chi connectivity index (χ3n) is 3.84. The minimum absolute atomic E-state index is 0.141. The van der Waals surface area contributed by atoms with E-state index in [2.05, 4.69) is 19.2 Å². The summed E-state index contributed by atoms with van der Waals surface area (Å²) in [4.78, 5) is 24.5. The lowest BCUT2D eigenvalue weighted by Gasteiger charge is -2.41. The topological polar surface area (TPSA) is 49.4 Å². The molecule has 0 aromatic carbocycles. The molecule has 1 N–H and O–H groups in total. The zero-order chi connectivity index (χ0) is 11.8. The van der Waals surface area contributed by atoms with E-state index in [1.165, 1.54) is 0 Å². The Labute approximate surface area is 96.4 Å². The molecule has 0 radical (unpaired) electrons. The second-order valence-corrected chi connectivity index (χ2v) is 5.69. The number of carbonyl (C=O) groups excluding carboxylic acids is 2. The lowest BCUT2D eigenvalue weighted by Crippen LogP contribution is -2.54. The maximum Gasteiger partial charge on any atom is 0.324 e. The third-order valence-corrected chi connectivity index (χ3v) is 3.84. The lowest BCUT2D eigenvalue weighted by molar-refractivity contribution is -0.121. The van der Waals surface area contributed by atoms with Crippen molar-refractivity contribution < 1.29 is 9.59 Å². The standard InChI is InChI=1S/C12H20N2O2/c1-12(2)6-3-9(4-7-12)14-8-5-10(15)13-11(14)16/h9H,3-8H2,1-2H3,(H,13,15,16). The van der Waals surface area contributed by atoms with Crippen molar-refractivity contribution in [1.82, 2.24) is 10.2 Å². The minimum atomic E-state index is -0.194. The summed E-state index contributed by atoms with van der Waals surface area (Å²) in [6, 6.07) is 0.141. The molecule has 2 aliphatic rings. The molecule has 90 valence electrons. The highest BCUT2D eigenvalue weighted by molar-refractivity contribution is 5.96. The molecule has 0 aromatic heterocycles. The van der Waals surface area contributed by atoms with E-state index in [1.807, 2.05) is 4.90 Å². The van der Waals surface area contributed by atoms with Gasteiger partial charge in [-0.05, 0) is 31.1 Å². The molecule has 0 spiro atoms. The maximum absolute atomic E-state index is 11.7. The fraction of sp³-hybridized carbons (Fsp3) is 0.833. The van der Waals surface area contributed by atoms with Crippen LogP contribution in [0.15, 0.2) is 0 Å². The van der Waals surface area contributed by atoms with Crippen LogP contribution in [0.4, 0.5) is 4.79 Å². The van der Waals surface area contributed by atoms with Gasteiger partial charge in [0.15, 0.2) is 0 Å². The van der Waals surface area contributed by atoms with Crippen LogP contribution in [0.1, 0.15) is 46.0 Å². The molecule has 16 heavy (non-hydrogen) atoms. The minimum Gasteiger partial charge on any atom is -0.321 e. The normalized spacial score (nSPS) is 26.8. The van der Waals surface area contributed by atoms with E-state index >= 15 is 0 Å². The number of carbonyl (C=O) groups is 2. The fourth-order valence-corrected chi connectivity index (χ4v) is 2.62. The molecule has 1 aliphatic heterocycles. The molecule has 2 fully saturated rings. The molecule has 4 heteroatoms. The number of imide groups is 1. The van der Waals surface area contributed by atoms with Gasteiger partial charge in [0.05, 0.1) is 0 Å². The predicted molar refractivity (Wildman–Crippen MR) is 60.9 cm³/mol. The summed E-state index contributed by atoms with van der Waals surface area (Å²) in [5.74, 6) is -0.141. The second-order valence-electron chi connectivity index (χ2n) is 5.69. The number of nitrogens with zero attached hydrogens (tertiary/aromatic N) is 1. The molecule has 2 rings (SSSR count). The van der Waals surface area contributed by atoms with E-state index in [9.17, 15) is 9.59 Å². The van der Waals surface area contributed by atoms with Crippen molar-refractivity contribution in [1.29, 1.82) is 0 Å². The molecular weight excluding hydrogens is 204 g/mol. The van der Waals surface area contributed by atoms with E-state index in [-0.39, 0.29) is 11.9 Å². The summed E-state index contributed by atoms with van der Waals surface area (Å²) in [6.45, 7) is 5.15. The van der Waals surface area contributed by atoms with Crippen molar-refractivity contribution in [3.8, 4) is 0 Å². The smallest absolute Gasteiger partial charge is 0.321 e. The Morgan fingerprint density at radius 1 is 1.25 bits per heavy atom. The zero-order valence-corrected chi connectivity index (χ0v) is 10.1. The molecule has 0 aromatic rings. The molecule has 1 saturated heterocycles. The van der Waals surface area contributed by atoms with E-state index < -0.39 is 0 Å². The van der Waals surface area contributed by atoms with Crippen molar-refractivity contribution in [2.24, 2.45) is 5.41 Å². The van der Waals surface area contributed by atoms with Crippen LogP contribution in [-0.2, 0) is 4.79 Å². The first-order chi connectivity index (χ1) is 7.48. The van der Waals surface area contributed by atoms with E-state index in [1.54, 1.807) is 0 Å². The van der Waals surface area contributed by atoms with Gasteiger partial charge in [0, 0.05) is 19.0 Å². The van der Waals surface area contributed by atoms with Crippen molar-refractivity contribution in [2.45, 2.75) is 52.0 Å². The molecule has 1 heterocycles. The van der Waals surface area contributed by atoms with Crippen LogP contribution in [0.3, 0.4) is 0 Å². The first kappa shape index (κ1) is 11.4. The Balaban J connectivity index is 1.94. The van der Waals surface area contributed by atoms with Crippen molar-refractivity contribution >= 4 is 11.9 Å². The molecule has 3 amide bonds. The number of nitrogens with one attached hydrogen (secondary N) is 1. The highest BCUT2D eigenvalue weighted by Crippen LogP contribution is 2.37. The number of rotatable bonds is 1. The number of hydrogen-bond donors (Lipinski definition) is 1. The molecule has 0 unspecified atom stereocenters. The highest BCUT2D eigenvalue weighted by Gasteiger charge is 2.34. The van der Waals surface area contributed by atoms with Crippen molar-refractivity contribution in [3.05, 3.63) is 0 Å². The number of hydrogen-bond acceptors (Lipinski definition) is 2. The predicted octanol–water partition coefficient (Wildman–Crippen LogP) is 1.90. The Morgan fingerprint density at radius 3 is 2.44 bits per heavy atom. The SMILES string of the molecule is CC1(C)CCC(N2CCC(=O)NC2=O)CC1. The molecular formula is C12H20N2O2. The van der Waals surface area contributed by atoms with Crippen LogP contribution in [0.2, 0.25) is 0 Å². The average molecular weight is 224 g/mol. The van der Waals surface area contributed by atoms with E-state index in [4.69, 9.17) is 0 Å². The van der Waals surface area contributed by atoms with Gasteiger partial charge in [-0.15, -0.1) is 0 Å². The van der Waals surface area contributed by atoms with Gasteiger partial charge >= 0.3 is 6.03 Å². The van der Waals surface area contributed by atoms with Crippen molar-refractivity contribution in [3.63, 3.8) is 0 Å². The van der Waals surface area contributed by atoms with Crippen LogP contribution >= 0.6 is 0 Å². The highest BCUT2D eigenvalue weighted by atomic mass is 16.2. The van der Waals surface area contributed by atoms with Crippen LogP contribution in [0.5, 0.6) is 0 Å². The Bertz CT molecular complexity index is 302. The summed E-state index contributed by atoms with van der Waals surface area (Å²) in [7, 11) is 0. The number of urea groups is 1. The van der Waals surface area contributed by atoms with Gasteiger partial charge in [-0.1, -0.05) is 13.8 Å². The Hall–Kier alpha value is -1.06. The average Bonchev–Trinajstić information content (AvgIpc) is 2.19. The summed E-state index contributed by atoms with van der Waals surface area (Å²) in [5.41, 5.74) is 0.415. The van der Waals surface area contributed by atoms with Gasteiger partial charge in [0.1, 0.15) is 0 Å². The van der Waals surface area contributed by atoms with Crippen LogP contribution in [0, 0.1) is 5.41 Å². The van der Waals surface area contributed by atoms with Gasteiger partial charge < -0.3 is 4.90 Å². The van der Waals surface area contributed by atoms with Crippen molar-refractivity contribution in [2.75, 3.05) is 6.54 Å². The molecule has 1 saturated carbocycles. The molecule has 0 bridgehead atoms. The lowest BCUT2D eigenvalue weighted by atomic mass is 9.75. The second kappa shape index (κ2) is 4.07. The van der Waals surface area contributed by atoms with Gasteiger partial charge in [-0.25, -0.2) is 4.79 Å². The maximum atomic E-state index is 11.7. The quantitative estimate of drug-likeness (QED) is 0.739. The summed E-state index contributed by atoms with van der Waals surface area (Å²) < 4.78 is 0. The summed E-state index contributed by atoms with van der Waals surface area (Å²) >= 11 is 0.